The second-order valence-corrected chi connectivity index (χ2v) is 5.28. The maximum absolute atomic E-state index is 9.19. The van der Waals surface area contributed by atoms with E-state index in [1.54, 1.807) is 6.07 Å². The van der Waals surface area contributed by atoms with Crippen molar-refractivity contribution in [1.29, 1.82) is 0 Å². The van der Waals surface area contributed by atoms with Crippen LogP contribution in [-0.4, -0.2) is 29.1 Å². The molecule has 0 unspecified atom stereocenters. The van der Waals surface area contributed by atoms with Gasteiger partial charge in [-0.05, 0) is 30.6 Å². The van der Waals surface area contributed by atoms with E-state index < -0.39 is 7.12 Å². The summed E-state index contributed by atoms with van der Waals surface area (Å²) in [7, 11) is 0.654. The van der Waals surface area contributed by atoms with Gasteiger partial charge in [0.15, 0.2) is 0 Å². The van der Waals surface area contributed by atoms with E-state index in [2.05, 4.69) is 43.1 Å². The van der Waals surface area contributed by atoms with E-state index in [9.17, 15) is 10.0 Å². The van der Waals surface area contributed by atoms with Gasteiger partial charge in [0, 0.05) is 13.1 Å². The van der Waals surface area contributed by atoms with Crippen LogP contribution in [0.15, 0.2) is 48.5 Å². The fourth-order valence-electron chi connectivity index (χ4n) is 2.34. The van der Waals surface area contributed by atoms with Crippen LogP contribution in [0.1, 0.15) is 16.7 Å². The van der Waals surface area contributed by atoms with Crippen molar-refractivity contribution < 1.29 is 10.0 Å². The first kappa shape index (κ1) is 14.8. The molecule has 0 aromatic heterocycles. The highest BCUT2D eigenvalue weighted by Gasteiger charge is 2.11. The van der Waals surface area contributed by atoms with Crippen LogP contribution >= 0.6 is 0 Å². The van der Waals surface area contributed by atoms with Gasteiger partial charge < -0.3 is 10.0 Å². The van der Waals surface area contributed by atoms with Crippen molar-refractivity contribution in [1.82, 2.24) is 4.90 Å². The van der Waals surface area contributed by atoms with Crippen LogP contribution in [0, 0.1) is 6.92 Å². The van der Waals surface area contributed by atoms with Gasteiger partial charge in [-0.1, -0.05) is 54.1 Å². The Morgan fingerprint density at radius 2 is 1.55 bits per heavy atom. The molecule has 20 heavy (non-hydrogen) atoms. The molecule has 3 nitrogen and oxygen atoms in total. The van der Waals surface area contributed by atoms with E-state index >= 15 is 0 Å². The number of hydrogen-bond acceptors (Lipinski definition) is 3. The van der Waals surface area contributed by atoms with Crippen molar-refractivity contribution in [2.75, 3.05) is 7.05 Å². The van der Waals surface area contributed by atoms with Crippen molar-refractivity contribution in [3.63, 3.8) is 0 Å². The Kier molecular flexibility index (Phi) is 4.96. The van der Waals surface area contributed by atoms with Crippen LogP contribution in [0.3, 0.4) is 0 Å². The van der Waals surface area contributed by atoms with Crippen LogP contribution in [-0.2, 0) is 13.1 Å². The average molecular weight is 269 g/mol. The fourth-order valence-corrected chi connectivity index (χ4v) is 2.34. The van der Waals surface area contributed by atoms with Crippen LogP contribution in [0.25, 0.3) is 0 Å². The van der Waals surface area contributed by atoms with Crippen LogP contribution < -0.4 is 5.46 Å². The third-order valence-corrected chi connectivity index (χ3v) is 3.24. The molecular weight excluding hydrogens is 249 g/mol. The van der Waals surface area contributed by atoms with Gasteiger partial charge in [-0.3, -0.25) is 4.90 Å². The lowest BCUT2D eigenvalue weighted by molar-refractivity contribution is 0.319. The molecule has 0 aliphatic heterocycles. The van der Waals surface area contributed by atoms with E-state index in [0.717, 1.165) is 18.7 Å². The van der Waals surface area contributed by atoms with Gasteiger partial charge in [0.2, 0.25) is 0 Å². The molecule has 4 heteroatoms. The summed E-state index contributed by atoms with van der Waals surface area (Å²) in [5, 5.41) is 18.4. The molecule has 2 aromatic rings. The Hall–Kier alpha value is -1.62. The van der Waals surface area contributed by atoms with Gasteiger partial charge >= 0.3 is 7.12 Å². The molecule has 2 N–H and O–H groups in total. The predicted octanol–water partition coefficient (Wildman–Crippen LogP) is 1.31. The van der Waals surface area contributed by atoms with E-state index in [1.807, 2.05) is 18.2 Å². The summed E-state index contributed by atoms with van der Waals surface area (Å²) in [6.07, 6.45) is 0. The first-order valence-electron chi connectivity index (χ1n) is 6.73. The molecule has 0 atom stereocenters. The maximum Gasteiger partial charge on any atom is 0.488 e. The highest BCUT2D eigenvalue weighted by Crippen LogP contribution is 2.09. The van der Waals surface area contributed by atoms with Crippen LogP contribution in [0.2, 0.25) is 0 Å². The lowest BCUT2D eigenvalue weighted by atomic mass is 9.79. The zero-order valence-electron chi connectivity index (χ0n) is 12.0. The summed E-state index contributed by atoms with van der Waals surface area (Å²) >= 11 is 0. The molecule has 0 amide bonds. The standard InChI is InChI=1S/C16H20BNO2/c1-13-5-3-6-14(9-13)11-18(2)12-15-7-4-8-16(10-15)17(19)20/h3-10,19-20H,11-12H2,1-2H3. The molecule has 0 heterocycles. The minimum absolute atomic E-state index is 0.534. The van der Waals surface area contributed by atoms with E-state index in [4.69, 9.17) is 0 Å². The third-order valence-electron chi connectivity index (χ3n) is 3.24. The summed E-state index contributed by atoms with van der Waals surface area (Å²) in [5.41, 5.74) is 4.16. The summed E-state index contributed by atoms with van der Waals surface area (Å²) in [4.78, 5) is 2.21. The van der Waals surface area contributed by atoms with Crippen molar-refractivity contribution in [2.24, 2.45) is 0 Å². The molecule has 0 aliphatic rings. The monoisotopic (exact) mass is 269 g/mol. The third kappa shape index (κ3) is 4.20. The molecule has 2 aromatic carbocycles. The first-order valence-corrected chi connectivity index (χ1v) is 6.73. The quantitative estimate of drug-likeness (QED) is 0.804. The van der Waals surface area contributed by atoms with Crippen molar-refractivity contribution in [3.05, 3.63) is 65.2 Å². The van der Waals surface area contributed by atoms with E-state index in [1.165, 1.54) is 11.1 Å². The van der Waals surface area contributed by atoms with Gasteiger partial charge in [0.1, 0.15) is 0 Å². The fraction of sp³-hybridized carbons (Fsp3) is 0.250. The van der Waals surface area contributed by atoms with E-state index in [0.29, 0.717) is 5.46 Å². The number of benzene rings is 2. The number of rotatable bonds is 5. The van der Waals surface area contributed by atoms with Crippen molar-refractivity contribution >= 4 is 12.6 Å². The Morgan fingerprint density at radius 1 is 0.950 bits per heavy atom. The van der Waals surface area contributed by atoms with Crippen molar-refractivity contribution in [3.8, 4) is 0 Å². The second kappa shape index (κ2) is 6.70. The van der Waals surface area contributed by atoms with Gasteiger partial charge in [-0.2, -0.15) is 0 Å². The van der Waals surface area contributed by atoms with Crippen molar-refractivity contribution in [2.45, 2.75) is 20.0 Å². The SMILES string of the molecule is Cc1cccc(CN(C)Cc2cccc(B(O)O)c2)c1. The zero-order valence-corrected chi connectivity index (χ0v) is 12.0. The topological polar surface area (TPSA) is 43.7 Å². The summed E-state index contributed by atoms with van der Waals surface area (Å²) in [5.74, 6) is 0. The number of nitrogens with zero attached hydrogens (tertiary/aromatic N) is 1. The predicted molar refractivity (Wildman–Crippen MR) is 82.6 cm³/mol. The Bertz CT molecular complexity index is 572. The van der Waals surface area contributed by atoms with Gasteiger partial charge in [0.05, 0.1) is 0 Å². The molecule has 0 fully saturated rings. The highest BCUT2D eigenvalue weighted by molar-refractivity contribution is 6.58. The maximum atomic E-state index is 9.19. The molecule has 0 spiro atoms. The molecule has 0 radical (unpaired) electrons. The number of aryl methyl sites for hydroxylation is 1. The largest absolute Gasteiger partial charge is 0.488 e. The highest BCUT2D eigenvalue weighted by atomic mass is 16.4. The summed E-state index contributed by atoms with van der Waals surface area (Å²) < 4.78 is 0. The van der Waals surface area contributed by atoms with Gasteiger partial charge in [-0.25, -0.2) is 0 Å². The zero-order chi connectivity index (χ0) is 14.5. The van der Waals surface area contributed by atoms with Crippen LogP contribution in [0.5, 0.6) is 0 Å². The van der Waals surface area contributed by atoms with Gasteiger partial charge in [-0.15, -0.1) is 0 Å². The Balaban J connectivity index is 2.01. The molecule has 0 saturated heterocycles. The molecule has 0 aliphatic carbocycles. The lowest BCUT2D eigenvalue weighted by Crippen LogP contribution is -2.30. The molecule has 2 rings (SSSR count). The van der Waals surface area contributed by atoms with Crippen LogP contribution in [0.4, 0.5) is 0 Å². The molecular formula is C16H20BNO2. The average Bonchev–Trinajstić information content (AvgIpc) is 2.38. The number of hydrogen-bond donors (Lipinski definition) is 2. The normalized spacial score (nSPS) is 10.8. The molecule has 0 bridgehead atoms. The molecule has 104 valence electrons. The summed E-state index contributed by atoms with van der Waals surface area (Å²) in [6.45, 7) is 3.73. The minimum atomic E-state index is -1.41. The lowest BCUT2D eigenvalue weighted by Gasteiger charge is -2.17. The second-order valence-electron chi connectivity index (χ2n) is 5.28. The smallest absolute Gasteiger partial charge is 0.423 e. The Labute approximate surface area is 120 Å². The molecule has 0 saturated carbocycles. The minimum Gasteiger partial charge on any atom is -0.423 e. The van der Waals surface area contributed by atoms with E-state index in [-0.39, 0.29) is 0 Å². The first-order chi connectivity index (χ1) is 9.54. The summed E-state index contributed by atoms with van der Waals surface area (Å²) in [6, 6.07) is 15.9. The van der Waals surface area contributed by atoms with Gasteiger partial charge in [0.25, 0.3) is 0 Å². The Morgan fingerprint density at radius 3 is 2.15 bits per heavy atom.